The van der Waals surface area contributed by atoms with E-state index in [1.165, 1.54) is 0 Å². The summed E-state index contributed by atoms with van der Waals surface area (Å²) in [6.45, 7) is 2.48. The number of nitrogens with zero attached hydrogens (tertiary/aromatic N) is 1. The van der Waals surface area contributed by atoms with Crippen LogP contribution in [-0.4, -0.2) is 34.2 Å². The number of aromatic hydroxyl groups is 1. The van der Waals surface area contributed by atoms with E-state index in [-0.39, 0.29) is 12.3 Å². The van der Waals surface area contributed by atoms with E-state index in [0.29, 0.717) is 12.3 Å². The van der Waals surface area contributed by atoms with Gasteiger partial charge in [-0.25, -0.2) is 0 Å². The predicted molar refractivity (Wildman–Crippen MR) is 68.4 cm³/mol. The second-order valence-corrected chi connectivity index (χ2v) is 4.97. The molecule has 1 aromatic rings. The van der Waals surface area contributed by atoms with Crippen LogP contribution in [0.1, 0.15) is 24.8 Å². The number of phenols is 1. The van der Waals surface area contributed by atoms with E-state index >= 15 is 0 Å². The fourth-order valence-electron chi connectivity index (χ4n) is 2.59. The Morgan fingerprint density at radius 1 is 1.39 bits per heavy atom. The normalized spacial score (nSPS) is 20.8. The lowest BCUT2D eigenvalue weighted by molar-refractivity contribution is -0.138. The first kappa shape index (κ1) is 12.9. The number of benzene rings is 1. The number of likely N-dealkylation sites (tertiary alicyclic amines) is 1. The Labute approximate surface area is 107 Å². The number of carboxylic acid groups (broad SMARTS) is 1. The number of hydrogen-bond acceptors (Lipinski definition) is 3. The molecule has 4 heteroatoms. The van der Waals surface area contributed by atoms with E-state index in [2.05, 4.69) is 4.90 Å². The molecular formula is C14H19NO3. The van der Waals surface area contributed by atoms with Crippen molar-refractivity contribution in [2.75, 3.05) is 13.1 Å². The zero-order valence-electron chi connectivity index (χ0n) is 10.4. The van der Waals surface area contributed by atoms with Crippen molar-refractivity contribution in [3.8, 4) is 5.75 Å². The van der Waals surface area contributed by atoms with Crippen LogP contribution in [-0.2, 0) is 11.3 Å². The molecule has 1 saturated heterocycles. The molecule has 1 heterocycles. The number of carbonyl (C=O) groups is 1. The highest BCUT2D eigenvalue weighted by Crippen LogP contribution is 2.24. The van der Waals surface area contributed by atoms with Gasteiger partial charge in [0.1, 0.15) is 5.75 Å². The molecule has 0 saturated carbocycles. The lowest BCUT2D eigenvalue weighted by Gasteiger charge is -2.32. The quantitative estimate of drug-likeness (QED) is 0.857. The van der Waals surface area contributed by atoms with E-state index in [1.807, 2.05) is 18.2 Å². The average molecular weight is 249 g/mol. The highest BCUT2D eigenvalue weighted by molar-refractivity contribution is 5.67. The Kier molecular flexibility index (Phi) is 4.20. The minimum atomic E-state index is -0.718. The van der Waals surface area contributed by atoms with Crippen LogP contribution in [0.5, 0.6) is 5.75 Å². The lowest BCUT2D eigenvalue weighted by atomic mass is 9.94. The highest BCUT2D eigenvalue weighted by atomic mass is 16.4. The van der Waals surface area contributed by atoms with Gasteiger partial charge in [0.25, 0.3) is 0 Å². The molecule has 0 bridgehead atoms. The minimum Gasteiger partial charge on any atom is -0.508 e. The topological polar surface area (TPSA) is 60.8 Å². The molecule has 0 radical (unpaired) electrons. The molecule has 1 unspecified atom stereocenters. The van der Waals surface area contributed by atoms with E-state index in [9.17, 15) is 9.90 Å². The van der Waals surface area contributed by atoms with Crippen LogP contribution in [0.2, 0.25) is 0 Å². The Morgan fingerprint density at radius 2 is 2.17 bits per heavy atom. The minimum absolute atomic E-state index is 0.238. The molecule has 1 aliphatic heterocycles. The van der Waals surface area contributed by atoms with Crippen LogP contribution in [0.15, 0.2) is 24.3 Å². The summed E-state index contributed by atoms with van der Waals surface area (Å²) in [7, 11) is 0. The number of hydrogen-bond donors (Lipinski definition) is 2. The van der Waals surface area contributed by atoms with Crippen LogP contribution in [0.25, 0.3) is 0 Å². The Balaban J connectivity index is 1.93. The summed E-state index contributed by atoms with van der Waals surface area (Å²) in [5.74, 6) is -0.163. The van der Waals surface area contributed by atoms with Crippen LogP contribution >= 0.6 is 0 Å². The predicted octanol–water partition coefficient (Wildman–Crippen LogP) is 2.08. The molecule has 2 rings (SSSR count). The Morgan fingerprint density at radius 3 is 2.89 bits per heavy atom. The van der Waals surface area contributed by atoms with Crippen molar-refractivity contribution in [1.29, 1.82) is 0 Å². The number of phenolic OH excluding ortho intramolecular Hbond substituents is 1. The second kappa shape index (κ2) is 5.87. The van der Waals surface area contributed by atoms with Crippen LogP contribution < -0.4 is 0 Å². The smallest absolute Gasteiger partial charge is 0.303 e. The van der Waals surface area contributed by atoms with Crippen molar-refractivity contribution in [2.24, 2.45) is 5.92 Å². The fourth-order valence-corrected chi connectivity index (χ4v) is 2.59. The first-order valence-electron chi connectivity index (χ1n) is 6.36. The maximum absolute atomic E-state index is 10.7. The van der Waals surface area contributed by atoms with E-state index in [1.54, 1.807) is 6.07 Å². The molecule has 0 spiro atoms. The number of para-hydroxylation sites is 1. The molecular weight excluding hydrogens is 230 g/mol. The molecule has 0 amide bonds. The standard InChI is InChI=1S/C14H19NO3/c16-13-6-2-1-5-12(13)10-15-7-3-4-11(9-15)8-14(17)18/h1-2,5-6,11,16H,3-4,7-10H2,(H,17,18). The van der Waals surface area contributed by atoms with Gasteiger partial charge >= 0.3 is 5.97 Å². The van der Waals surface area contributed by atoms with Crippen LogP contribution in [0.4, 0.5) is 0 Å². The first-order valence-corrected chi connectivity index (χ1v) is 6.36. The first-order chi connectivity index (χ1) is 8.65. The van der Waals surface area contributed by atoms with Gasteiger partial charge in [-0.15, -0.1) is 0 Å². The summed E-state index contributed by atoms with van der Waals surface area (Å²) in [4.78, 5) is 13.0. The van der Waals surface area contributed by atoms with Gasteiger partial charge in [0.15, 0.2) is 0 Å². The molecule has 1 fully saturated rings. The van der Waals surface area contributed by atoms with Crippen molar-refractivity contribution in [2.45, 2.75) is 25.8 Å². The molecule has 98 valence electrons. The molecule has 1 atom stereocenters. The molecule has 18 heavy (non-hydrogen) atoms. The van der Waals surface area contributed by atoms with Gasteiger partial charge in [0.05, 0.1) is 0 Å². The number of aliphatic carboxylic acids is 1. The largest absolute Gasteiger partial charge is 0.508 e. The number of rotatable bonds is 4. The maximum Gasteiger partial charge on any atom is 0.303 e. The monoisotopic (exact) mass is 249 g/mol. The Hall–Kier alpha value is -1.55. The van der Waals surface area contributed by atoms with Crippen LogP contribution in [0, 0.1) is 5.92 Å². The van der Waals surface area contributed by atoms with Crippen molar-refractivity contribution >= 4 is 5.97 Å². The van der Waals surface area contributed by atoms with Crippen molar-refractivity contribution in [1.82, 2.24) is 4.90 Å². The third-order valence-corrected chi connectivity index (χ3v) is 3.45. The summed E-state index contributed by atoms with van der Waals surface area (Å²) in [5, 5.41) is 18.6. The molecule has 2 N–H and O–H groups in total. The third kappa shape index (κ3) is 3.47. The van der Waals surface area contributed by atoms with Gasteiger partial charge in [0, 0.05) is 25.1 Å². The molecule has 1 aromatic carbocycles. The van der Waals surface area contributed by atoms with E-state index in [4.69, 9.17) is 5.11 Å². The van der Waals surface area contributed by atoms with Gasteiger partial charge in [-0.05, 0) is 31.4 Å². The van der Waals surface area contributed by atoms with Gasteiger partial charge < -0.3 is 10.2 Å². The van der Waals surface area contributed by atoms with Crippen LogP contribution in [0.3, 0.4) is 0 Å². The summed E-state index contributed by atoms with van der Waals surface area (Å²) < 4.78 is 0. The molecule has 4 nitrogen and oxygen atoms in total. The summed E-state index contributed by atoms with van der Waals surface area (Å²) in [6, 6.07) is 7.32. The van der Waals surface area contributed by atoms with E-state index in [0.717, 1.165) is 31.5 Å². The van der Waals surface area contributed by atoms with Gasteiger partial charge in [-0.1, -0.05) is 18.2 Å². The molecule has 0 aliphatic carbocycles. The third-order valence-electron chi connectivity index (χ3n) is 3.45. The zero-order valence-corrected chi connectivity index (χ0v) is 10.4. The lowest BCUT2D eigenvalue weighted by Crippen LogP contribution is -2.35. The number of carboxylic acids is 1. The fraction of sp³-hybridized carbons (Fsp3) is 0.500. The molecule has 0 aromatic heterocycles. The van der Waals surface area contributed by atoms with Gasteiger partial charge in [0.2, 0.25) is 0 Å². The Bertz CT molecular complexity index is 419. The average Bonchev–Trinajstić information content (AvgIpc) is 2.32. The maximum atomic E-state index is 10.7. The summed E-state index contributed by atoms with van der Waals surface area (Å²) in [5.41, 5.74) is 0.911. The summed E-state index contributed by atoms with van der Waals surface area (Å²) in [6.07, 6.45) is 2.27. The van der Waals surface area contributed by atoms with E-state index < -0.39 is 5.97 Å². The van der Waals surface area contributed by atoms with Gasteiger partial charge in [-0.3, -0.25) is 9.69 Å². The number of piperidine rings is 1. The van der Waals surface area contributed by atoms with Crippen molar-refractivity contribution in [3.63, 3.8) is 0 Å². The van der Waals surface area contributed by atoms with Crippen molar-refractivity contribution in [3.05, 3.63) is 29.8 Å². The molecule has 1 aliphatic rings. The SMILES string of the molecule is O=C(O)CC1CCCN(Cc2ccccc2O)C1. The van der Waals surface area contributed by atoms with Crippen molar-refractivity contribution < 1.29 is 15.0 Å². The summed E-state index contributed by atoms with van der Waals surface area (Å²) >= 11 is 0. The van der Waals surface area contributed by atoms with Gasteiger partial charge in [-0.2, -0.15) is 0 Å². The highest BCUT2D eigenvalue weighted by Gasteiger charge is 2.22. The zero-order chi connectivity index (χ0) is 13.0. The second-order valence-electron chi connectivity index (χ2n) is 4.97.